The summed E-state index contributed by atoms with van der Waals surface area (Å²) in [5.41, 5.74) is 1.01. The molecule has 2 fully saturated rings. The molecule has 2 aliphatic heterocycles. The topological polar surface area (TPSA) is 88.8 Å². The molecule has 2 aromatic rings. The molecule has 0 radical (unpaired) electrons. The second-order valence-electron chi connectivity index (χ2n) is 6.28. The van der Waals surface area contributed by atoms with Crippen molar-refractivity contribution in [1.82, 2.24) is 20.1 Å². The van der Waals surface area contributed by atoms with Gasteiger partial charge in [0.05, 0.1) is 6.04 Å². The van der Waals surface area contributed by atoms with E-state index in [-0.39, 0.29) is 29.7 Å². The van der Waals surface area contributed by atoms with Crippen molar-refractivity contribution in [3.63, 3.8) is 0 Å². The van der Waals surface area contributed by atoms with Crippen LogP contribution in [0.1, 0.15) is 47.9 Å². The molecule has 8 nitrogen and oxygen atoms in total. The smallest absolute Gasteiger partial charge is 0.337 e. The number of benzene rings is 1. The molecule has 3 heterocycles. The van der Waals surface area contributed by atoms with Crippen LogP contribution in [0.2, 0.25) is 0 Å². The molecule has 130 valence electrons. The molecule has 0 spiro atoms. The number of fused-ring (bicyclic) bond motifs is 2. The maximum atomic E-state index is 12.7. The second-order valence-corrected chi connectivity index (χ2v) is 6.28. The van der Waals surface area contributed by atoms with E-state index in [1.54, 1.807) is 4.90 Å². The number of aromatic nitrogens is 2. The number of hydroxylamine groups is 2. The highest BCUT2D eigenvalue weighted by molar-refractivity contribution is 5.89. The minimum atomic E-state index is -0.310. The van der Waals surface area contributed by atoms with Gasteiger partial charge in [-0.05, 0) is 18.4 Å². The summed E-state index contributed by atoms with van der Waals surface area (Å²) in [7, 11) is 0. The molecule has 0 N–H and O–H groups in total. The second kappa shape index (κ2) is 6.29. The van der Waals surface area contributed by atoms with Crippen LogP contribution in [-0.2, 0) is 11.4 Å². The van der Waals surface area contributed by atoms with E-state index in [0.717, 1.165) is 12.0 Å². The number of urea groups is 1. The third kappa shape index (κ3) is 2.89. The third-order valence-corrected chi connectivity index (χ3v) is 4.58. The number of hydrogen-bond donors (Lipinski definition) is 0. The summed E-state index contributed by atoms with van der Waals surface area (Å²) in [5.74, 6) is 0.0899. The number of rotatable bonds is 5. The van der Waals surface area contributed by atoms with E-state index in [2.05, 4.69) is 10.1 Å². The van der Waals surface area contributed by atoms with Gasteiger partial charge in [0.1, 0.15) is 12.6 Å². The fraction of sp³-hybridized carbons (Fsp3) is 0.412. The Labute approximate surface area is 144 Å². The van der Waals surface area contributed by atoms with Crippen LogP contribution in [0, 0.1) is 0 Å². The predicted molar refractivity (Wildman–Crippen MR) is 85.2 cm³/mol. The summed E-state index contributed by atoms with van der Waals surface area (Å²) in [5, 5.41) is 5.13. The fourth-order valence-electron chi connectivity index (χ4n) is 3.29. The van der Waals surface area contributed by atoms with Crippen molar-refractivity contribution in [3.05, 3.63) is 47.6 Å². The van der Waals surface area contributed by atoms with Crippen molar-refractivity contribution in [2.24, 2.45) is 0 Å². The minimum Gasteiger partial charge on any atom is -0.337 e. The molecular formula is C17H18N4O4. The first kappa shape index (κ1) is 15.8. The standard InChI is InChI=1S/C17H18N4O4/c1-11(22)15-18-16(25-19-15)14-8-7-13-9-20(14)17(23)21(13)24-10-12-5-3-2-4-6-12/h2-6,13-14H,7-10H2,1H3/t13-,14+/m1/s1. The number of amides is 2. The van der Waals surface area contributed by atoms with Gasteiger partial charge in [-0.1, -0.05) is 35.5 Å². The Balaban J connectivity index is 1.47. The van der Waals surface area contributed by atoms with Gasteiger partial charge in [0.15, 0.2) is 0 Å². The number of hydrogen-bond acceptors (Lipinski definition) is 6. The first-order chi connectivity index (χ1) is 12.1. The monoisotopic (exact) mass is 342 g/mol. The van der Waals surface area contributed by atoms with Gasteiger partial charge in [0.2, 0.25) is 17.5 Å². The van der Waals surface area contributed by atoms with E-state index in [1.165, 1.54) is 12.0 Å². The zero-order valence-corrected chi connectivity index (χ0v) is 13.8. The van der Waals surface area contributed by atoms with Gasteiger partial charge in [0.25, 0.3) is 0 Å². The molecule has 2 aliphatic rings. The van der Waals surface area contributed by atoms with Crippen molar-refractivity contribution in [2.75, 3.05) is 6.54 Å². The molecule has 1 aromatic heterocycles. The Morgan fingerprint density at radius 1 is 1.32 bits per heavy atom. The molecule has 2 atom stereocenters. The van der Waals surface area contributed by atoms with E-state index in [9.17, 15) is 9.59 Å². The summed E-state index contributed by atoms with van der Waals surface area (Å²) in [4.78, 5) is 35.6. The van der Waals surface area contributed by atoms with Crippen LogP contribution in [0.3, 0.4) is 0 Å². The van der Waals surface area contributed by atoms with Gasteiger partial charge in [0, 0.05) is 13.5 Å². The average Bonchev–Trinajstić information content (AvgIpc) is 3.20. The number of carbonyl (C=O) groups is 2. The summed E-state index contributed by atoms with van der Waals surface area (Å²) >= 11 is 0. The molecule has 25 heavy (non-hydrogen) atoms. The van der Waals surface area contributed by atoms with Crippen molar-refractivity contribution in [1.29, 1.82) is 0 Å². The normalized spacial score (nSPS) is 22.5. The lowest BCUT2D eigenvalue weighted by Crippen LogP contribution is -2.34. The first-order valence-electron chi connectivity index (χ1n) is 8.24. The quantitative estimate of drug-likeness (QED) is 0.775. The summed E-state index contributed by atoms with van der Waals surface area (Å²) in [6, 6.07) is 9.22. The van der Waals surface area contributed by atoms with Crippen LogP contribution in [0.25, 0.3) is 0 Å². The summed E-state index contributed by atoms with van der Waals surface area (Å²) in [6.45, 7) is 2.28. The molecule has 2 bridgehead atoms. The van der Waals surface area contributed by atoms with Gasteiger partial charge in [-0.25, -0.2) is 4.79 Å². The lowest BCUT2D eigenvalue weighted by Gasteiger charge is -2.27. The zero-order chi connectivity index (χ0) is 17.4. The lowest BCUT2D eigenvalue weighted by molar-refractivity contribution is -0.140. The van der Waals surface area contributed by atoms with Gasteiger partial charge in [-0.2, -0.15) is 10.0 Å². The minimum absolute atomic E-state index is 0.0164. The Morgan fingerprint density at radius 3 is 2.84 bits per heavy atom. The average molecular weight is 342 g/mol. The largest absolute Gasteiger partial charge is 0.345 e. The van der Waals surface area contributed by atoms with Crippen LogP contribution in [-0.4, -0.2) is 44.5 Å². The highest BCUT2D eigenvalue weighted by Gasteiger charge is 2.47. The molecular weight excluding hydrogens is 324 g/mol. The maximum absolute atomic E-state index is 12.7. The molecule has 0 saturated carbocycles. The van der Waals surface area contributed by atoms with Gasteiger partial charge in [-0.3, -0.25) is 9.63 Å². The Hall–Kier alpha value is -2.74. The molecule has 0 unspecified atom stereocenters. The number of nitrogens with zero attached hydrogens (tertiary/aromatic N) is 4. The van der Waals surface area contributed by atoms with E-state index in [0.29, 0.717) is 25.5 Å². The molecule has 2 amide bonds. The van der Waals surface area contributed by atoms with E-state index < -0.39 is 0 Å². The maximum Gasteiger partial charge on any atom is 0.345 e. The van der Waals surface area contributed by atoms with Crippen LogP contribution < -0.4 is 0 Å². The molecule has 4 rings (SSSR count). The molecule has 2 saturated heterocycles. The van der Waals surface area contributed by atoms with Crippen molar-refractivity contribution in [3.8, 4) is 0 Å². The predicted octanol–water partition coefficient (Wildman–Crippen LogP) is 2.35. The number of carbonyl (C=O) groups excluding carboxylic acids is 2. The van der Waals surface area contributed by atoms with Gasteiger partial charge in [-0.15, -0.1) is 0 Å². The zero-order valence-electron chi connectivity index (χ0n) is 13.8. The number of Topliss-reactive ketones (excluding diaryl/α,β-unsaturated/α-hetero) is 1. The van der Waals surface area contributed by atoms with Crippen molar-refractivity contribution in [2.45, 2.75) is 38.5 Å². The van der Waals surface area contributed by atoms with E-state index in [1.807, 2.05) is 30.3 Å². The Morgan fingerprint density at radius 2 is 2.12 bits per heavy atom. The highest BCUT2D eigenvalue weighted by atomic mass is 16.7. The van der Waals surface area contributed by atoms with Crippen LogP contribution in [0.15, 0.2) is 34.9 Å². The van der Waals surface area contributed by atoms with Crippen LogP contribution in [0.5, 0.6) is 0 Å². The Kier molecular flexibility index (Phi) is 3.96. The highest BCUT2D eigenvalue weighted by Crippen LogP contribution is 2.38. The number of piperidine rings is 1. The third-order valence-electron chi connectivity index (χ3n) is 4.58. The van der Waals surface area contributed by atoms with Gasteiger partial charge >= 0.3 is 6.03 Å². The SMILES string of the molecule is CC(=O)c1noc([C@@H]2CC[C@@H]3CN2C(=O)N3OCc2ccccc2)n1. The fourth-order valence-corrected chi connectivity index (χ4v) is 3.29. The first-order valence-corrected chi connectivity index (χ1v) is 8.24. The summed E-state index contributed by atoms with van der Waals surface area (Å²) in [6.07, 6.45) is 1.47. The van der Waals surface area contributed by atoms with E-state index in [4.69, 9.17) is 9.36 Å². The van der Waals surface area contributed by atoms with Crippen molar-refractivity contribution < 1.29 is 18.9 Å². The van der Waals surface area contributed by atoms with Crippen molar-refractivity contribution >= 4 is 11.8 Å². The number of ketones is 1. The van der Waals surface area contributed by atoms with E-state index >= 15 is 0 Å². The summed E-state index contributed by atoms with van der Waals surface area (Å²) < 4.78 is 5.19. The van der Waals surface area contributed by atoms with Gasteiger partial charge < -0.3 is 9.42 Å². The lowest BCUT2D eigenvalue weighted by atomic mass is 10.0. The van der Waals surface area contributed by atoms with Crippen LogP contribution >= 0.6 is 0 Å². The molecule has 1 aromatic carbocycles. The molecule has 0 aliphatic carbocycles. The Bertz CT molecular complexity index is 791. The van der Waals surface area contributed by atoms with Crippen LogP contribution in [0.4, 0.5) is 4.79 Å². The molecule has 8 heteroatoms.